The number of nitrogens with zero attached hydrogens (tertiary/aromatic N) is 1. The molecule has 1 aliphatic carbocycles. The number of pyridine rings is 1. The fourth-order valence-electron chi connectivity index (χ4n) is 5.33. The van der Waals surface area contributed by atoms with E-state index in [2.05, 4.69) is 76.1 Å². The summed E-state index contributed by atoms with van der Waals surface area (Å²) in [5.41, 5.74) is 10.9. The van der Waals surface area contributed by atoms with Gasteiger partial charge in [0.25, 0.3) is 0 Å². The van der Waals surface area contributed by atoms with Crippen LogP contribution >= 0.6 is 0 Å². The molecule has 2 aliphatic rings. The number of benzene rings is 2. The van der Waals surface area contributed by atoms with Crippen molar-refractivity contribution in [2.24, 2.45) is 0 Å². The molecule has 2 atom stereocenters. The molecule has 0 bridgehead atoms. The van der Waals surface area contributed by atoms with Crippen molar-refractivity contribution in [3.05, 3.63) is 88.9 Å². The number of H-pyrrole nitrogens is 1. The third-order valence-corrected chi connectivity index (χ3v) is 7.03. The highest BCUT2D eigenvalue weighted by atomic mass is 15.0. The van der Waals surface area contributed by atoms with E-state index in [1.807, 2.05) is 12.4 Å². The summed E-state index contributed by atoms with van der Waals surface area (Å²) in [5.74, 6) is 0. The summed E-state index contributed by atoms with van der Waals surface area (Å²) in [6.07, 6.45) is 7.28. The summed E-state index contributed by atoms with van der Waals surface area (Å²) in [7, 11) is 0. The first-order valence-electron chi connectivity index (χ1n) is 11.4. The summed E-state index contributed by atoms with van der Waals surface area (Å²) in [6, 6.07) is 18.7. The fourth-order valence-corrected chi connectivity index (χ4v) is 5.33. The van der Waals surface area contributed by atoms with Crippen LogP contribution in [-0.4, -0.2) is 9.97 Å². The average Bonchev–Trinajstić information content (AvgIpc) is 3.43. The second-order valence-corrected chi connectivity index (χ2v) is 8.98. The van der Waals surface area contributed by atoms with E-state index in [0.29, 0.717) is 12.1 Å². The molecule has 3 N–H and O–H groups in total. The Morgan fingerprint density at radius 1 is 0.968 bits per heavy atom. The van der Waals surface area contributed by atoms with E-state index in [1.54, 1.807) is 0 Å². The van der Waals surface area contributed by atoms with Gasteiger partial charge in [0.1, 0.15) is 0 Å². The molecule has 4 nitrogen and oxygen atoms in total. The summed E-state index contributed by atoms with van der Waals surface area (Å²) in [5, 5.41) is 8.69. The van der Waals surface area contributed by atoms with Crippen molar-refractivity contribution in [2.45, 2.75) is 51.4 Å². The normalized spacial score (nSPS) is 18.7. The minimum Gasteiger partial charge on any atom is -0.357 e. The minimum absolute atomic E-state index is 0.293. The molecule has 0 fully saturated rings. The Bertz CT molecular complexity index is 1240. The Hall–Kier alpha value is -2.95. The van der Waals surface area contributed by atoms with Crippen LogP contribution in [0.1, 0.15) is 59.8 Å². The molecule has 0 saturated heterocycles. The molecular formula is C27H28N4. The van der Waals surface area contributed by atoms with Crippen molar-refractivity contribution >= 4 is 10.9 Å². The number of hydrogen-bond acceptors (Lipinski definition) is 3. The monoisotopic (exact) mass is 408 g/mol. The molecule has 3 heterocycles. The van der Waals surface area contributed by atoms with Gasteiger partial charge in [0.05, 0.1) is 0 Å². The van der Waals surface area contributed by atoms with Crippen molar-refractivity contribution < 1.29 is 0 Å². The molecule has 2 aromatic heterocycles. The van der Waals surface area contributed by atoms with E-state index in [-0.39, 0.29) is 0 Å². The Morgan fingerprint density at radius 2 is 1.77 bits per heavy atom. The lowest BCUT2D eigenvalue weighted by atomic mass is 9.90. The van der Waals surface area contributed by atoms with E-state index < -0.39 is 0 Å². The molecular weight excluding hydrogens is 380 g/mol. The maximum absolute atomic E-state index is 4.15. The number of aromatic nitrogens is 2. The van der Waals surface area contributed by atoms with Crippen LogP contribution in [0.5, 0.6) is 0 Å². The van der Waals surface area contributed by atoms with Gasteiger partial charge in [-0.1, -0.05) is 18.2 Å². The molecule has 0 amide bonds. The van der Waals surface area contributed by atoms with Gasteiger partial charge in [-0.3, -0.25) is 4.98 Å². The molecule has 2 unspecified atom stereocenters. The van der Waals surface area contributed by atoms with Gasteiger partial charge >= 0.3 is 0 Å². The molecule has 1 aliphatic heterocycles. The third kappa shape index (κ3) is 3.36. The van der Waals surface area contributed by atoms with E-state index in [9.17, 15) is 0 Å². The Morgan fingerprint density at radius 3 is 2.68 bits per heavy atom. The number of nitrogens with one attached hydrogen (secondary N) is 3. The van der Waals surface area contributed by atoms with Crippen LogP contribution in [0, 0.1) is 0 Å². The molecule has 6 rings (SSSR count). The summed E-state index contributed by atoms with van der Waals surface area (Å²) >= 11 is 0. The molecule has 2 aromatic carbocycles. The second-order valence-electron chi connectivity index (χ2n) is 8.98. The van der Waals surface area contributed by atoms with Crippen molar-refractivity contribution in [3.8, 4) is 11.1 Å². The van der Waals surface area contributed by atoms with Crippen molar-refractivity contribution in [1.82, 2.24) is 20.6 Å². The fraction of sp³-hybridized carbons (Fsp3) is 0.296. The first-order valence-corrected chi connectivity index (χ1v) is 11.4. The standard InChI is InChI=1S/C27H28N4/c1-17(18-9-11-28-12-10-18)30-26-4-2-3-23-24-14-20(7-8-25(24)31-27(23)26)19-5-6-21-15-29-16-22(21)13-19/h5-14,17,26,29-31H,2-4,15-16H2,1H3. The predicted octanol–water partition coefficient (Wildman–Crippen LogP) is 5.56. The molecule has 4 aromatic rings. The van der Waals surface area contributed by atoms with Crippen LogP contribution in [0.15, 0.2) is 60.9 Å². The Balaban J connectivity index is 1.34. The first kappa shape index (κ1) is 18.8. The first-order chi connectivity index (χ1) is 15.3. The van der Waals surface area contributed by atoms with Crippen LogP contribution < -0.4 is 10.6 Å². The predicted molar refractivity (Wildman–Crippen MR) is 126 cm³/mol. The number of aromatic amines is 1. The molecule has 156 valence electrons. The maximum atomic E-state index is 4.15. The van der Waals surface area contributed by atoms with E-state index in [4.69, 9.17) is 0 Å². The lowest BCUT2D eigenvalue weighted by Gasteiger charge is -2.27. The van der Waals surface area contributed by atoms with Gasteiger partial charge in [0, 0.05) is 54.2 Å². The molecule has 4 heteroatoms. The zero-order valence-corrected chi connectivity index (χ0v) is 17.9. The van der Waals surface area contributed by atoms with Gasteiger partial charge in [0.15, 0.2) is 0 Å². The highest BCUT2D eigenvalue weighted by molar-refractivity contribution is 5.89. The van der Waals surface area contributed by atoms with E-state index >= 15 is 0 Å². The molecule has 0 saturated carbocycles. The van der Waals surface area contributed by atoms with Crippen LogP contribution in [0.25, 0.3) is 22.0 Å². The third-order valence-electron chi connectivity index (χ3n) is 7.03. The topological polar surface area (TPSA) is 52.7 Å². The highest BCUT2D eigenvalue weighted by Gasteiger charge is 2.26. The molecule has 31 heavy (non-hydrogen) atoms. The van der Waals surface area contributed by atoms with Gasteiger partial charge in [0.2, 0.25) is 0 Å². The summed E-state index contributed by atoms with van der Waals surface area (Å²) < 4.78 is 0. The van der Waals surface area contributed by atoms with E-state index in [1.165, 1.54) is 62.8 Å². The van der Waals surface area contributed by atoms with Crippen LogP contribution in [0.4, 0.5) is 0 Å². The number of fused-ring (bicyclic) bond motifs is 4. The lowest BCUT2D eigenvalue weighted by Crippen LogP contribution is -2.27. The Kier molecular flexibility index (Phi) is 4.62. The van der Waals surface area contributed by atoms with Gasteiger partial charge < -0.3 is 15.6 Å². The van der Waals surface area contributed by atoms with E-state index in [0.717, 1.165) is 19.5 Å². The zero-order chi connectivity index (χ0) is 20.8. The van der Waals surface area contributed by atoms with Crippen molar-refractivity contribution in [2.75, 3.05) is 0 Å². The minimum atomic E-state index is 0.293. The summed E-state index contributed by atoms with van der Waals surface area (Å²) in [4.78, 5) is 7.91. The van der Waals surface area contributed by atoms with Gasteiger partial charge in [-0.2, -0.15) is 0 Å². The quantitative estimate of drug-likeness (QED) is 0.414. The van der Waals surface area contributed by atoms with Crippen LogP contribution in [0.3, 0.4) is 0 Å². The maximum Gasteiger partial charge on any atom is 0.0480 e. The highest BCUT2D eigenvalue weighted by Crippen LogP contribution is 2.38. The SMILES string of the molecule is CC(NC1CCCc2c1[nH]c1ccc(-c3ccc4c(c3)CNC4)cc21)c1ccncc1. The van der Waals surface area contributed by atoms with Gasteiger partial charge in [-0.25, -0.2) is 0 Å². The molecule has 0 spiro atoms. The number of rotatable bonds is 4. The smallest absolute Gasteiger partial charge is 0.0480 e. The molecule has 0 radical (unpaired) electrons. The van der Waals surface area contributed by atoms with Crippen molar-refractivity contribution in [3.63, 3.8) is 0 Å². The second kappa shape index (κ2) is 7.63. The largest absolute Gasteiger partial charge is 0.357 e. The van der Waals surface area contributed by atoms with Crippen molar-refractivity contribution in [1.29, 1.82) is 0 Å². The number of aryl methyl sites for hydroxylation is 1. The Labute approximate surface area is 183 Å². The number of hydrogen-bond donors (Lipinski definition) is 3. The van der Waals surface area contributed by atoms with Gasteiger partial charge in [-0.15, -0.1) is 0 Å². The van der Waals surface area contributed by atoms with Gasteiger partial charge in [-0.05, 0) is 89.9 Å². The summed E-state index contributed by atoms with van der Waals surface area (Å²) in [6.45, 7) is 4.22. The lowest BCUT2D eigenvalue weighted by molar-refractivity contribution is 0.410. The van der Waals surface area contributed by atoms with Crippen LogP contribution in [-0.2, 0) is 19.5 Å². The zero-order valence-electron chi connectivity index (χ0n) is 17.9. The van der Waals surface area contributed by atoms with Crippen LogP contribution in [0.2, 0.25) is 0 Å². The average molecular weight is 409 g/mol.